The number of carbonyl (C=O) groups excluding carboxylic acids is 1. The molecule has 0 unspecified atom stereocenters. The summed E-state index contributed by atoms with van der Waals surface area (Å²) in [6.07, 6.45) is 0. The fourth-order valence-electron chi connectivity index (χ4n) is 2.36. The third kappa shape index (κ3) is 4.13. The minimum atomic E-state index is 0.0104. The third-order valence-corrected chi connectivity index (χ3v) is 3.49. The molecule has 120 valence electrons. The molecule has 2 heterocycles. The number of hydrogen-bond donors (Lipinski definition) is 3. The predicted octanol–water partition coefficient (Wildman–Crippen LogP) is 0.438. The van der Waals surface area contributed by atoms with Crippen LogP contribution in [-0.2, 0) is 11.3 Å². The van der Waals surface area contributed by atoms with E-state index < -0.39 is 0 Å². The second kappa shape index (κ2) is 6.57. The Morgan fingerprint density at radius 2 is 2.04 bits per heavy atom. The minimum absolute atomic E-state index is 0.0104. The highest BCUT2D eigenvalue weighted by Crippen LogP contribution is 2.14. The van der Waals surface area contributed by atoms with Crippen LogP contribution < -0.4 is 16.4 Å². The molecule has 1 fully saturated rings. The van der Waals surface area contributed by atoms with E-state index in [1.54, 1.807) is 0 Å². The van der Waals surface area contributed by atoms with E-state index in [0.29, 0.717) is 31.4 Å². The number of hydrogen-bond acceptors (Lipinski definition) is 7. The molecule has 0 saturated carbocycles. The Morgan fingerprint density at radius 3 is 2.78 bits per heavy atom. The lowest BCUT2D eigenvalue weighted by Crippen LogP contribution is -2.47. The second-order valence-electron chi connectivity index (χ2n) is 5.49. The summed E-state index contributed by atoms with van der Waals surface area (Å²) in [5, 5.41) is 5.91. The van der Waals surface area contributed by atoms with E-state index in [-0.39, 0.29) is 11.9 Å². The largest absolute Gasteiger partial charge is 0.368 e. The zero-order chi connectivity index (χ0) is 16.2. The van der Waals surface area contributed by atoms with E-state index in [1.165, 1.54) is 5.56 Å². The molecule has 1 saturated heterocycles. The molecule has 8 nitrogen and oxygen atoms in total. The molecule has 4 N–H and O–H groups in total. The van der Waals surface area contributed by atoms with Crippen LogP contribution in [0.25, 0.3) is 0 Å². The lowest BCUT2D eigenvalue weighted by Gasteiger charge is -2.25. The molecule has 1 aliphatic heterocycles. The molecule has 1 aliphatic rings. The molecule has 0 radical (unpaired) electrons. The van der Waals surface area contributed by atoms with Gasteiger partial charge < -0.3 is 16.4 Å². The Morgan fingerprint density at radius 1 is 1.26 bits per heavy atom. The molecule has 0 aliphatic carbocycles. The Labute approximate surface area is 134 Å². The monoisotopic (exact) mass is 313 g/mol. The summed E-state index contributed by atoms with van der Waals surface area (Å²) in [5.74, 6) is 1.11. The van der Waals surface area contributed by atoms with Gasteiger partial charge in [-0.15, -0.1) is 0 Å². The van der Waals surface area contributed by atoms with Crippen molar-refractivity contribution in [3.63, 3.8) is 0 Å². The van der Waals surface area contributed by atoms with Gasteiger partial charge in [-0.3, -0.25) is 9.69 Å². The van der Waals surface area contributed by atoms with Crippen molar-refractivity contribution in [3.05, 3.63) is 35.7 Å². The summed E-state index contributed by atoms with van der Waals surface area (Å²) in [7, 11) is 0. The van der Waals surface area contributed by atoms with Gasteiger partial charge in [0.1, 0.15) is 5.82 Å². The number of nitrogens with two attached hydrogens (primary N) is 1. The predicted molar refractivity (Wildman–Crippen MR) is 87.0 cm³/mol. The molecule has 1 aromatic heterocycles. The van der Waals surface area contributed by atoms with E-state index in [1.807, 2.05) is 36.1 Å². The van der Waals surface area contributed by atoms with Crippen molar-refractivity contribution in [2.45, 2.75) is 13.5 Å². The molecule has 0 atom stereocenters. The molecule has 8 heteroatoms. The summed E-state index contributed by atoms with van der Waals surface area (Å²) in [4.78, 5) is 26.0. The normalized spacial score (nSPS) is 15.3. The highest BCUT2D eigenvalue weighted by molar-refractivity contribution is 5.78. The lowest BCUT2D eigenvalue weighted by atomic mass is 10.2. The molecule has 1 amide bonds. The summed E-state index contributed by atoms with van der Waals surface area (Å²) in [5.41, 5.74) is 7.82. The highest BCUT2D eigenvalue weighted by Gasteiger charge is 2.17. The van der Waals surface area contributed by atoms with Gasteiger partial charge >= 0.3 is 0 Å². The highest BCUT2D eigenvalue weighted by atomic mass is 16.2. The van der Waals surface area contributed by atoms with Crippen LogP contribution >= 0.6 is 0 Å². The molecular formula is C15H19N7O. The van der Waals surface area contributed by atoms with Crippen LogP contribution in [0.5, 0.6) is 0 Å². The van der Waals surface area contributed by atoms with Crippen LogP contribution in [0.3, 0.4) is 0 Å². The molecular weight excluding hydrogens is 294 g/mol. The number of piperazine rings is 1. The van der Waals surface area contributed by atoms with Gasteiger partial charge in [0, 0.05) is 18.8 Å². The average Bonchev–Trinajstić information content (AvgIpc) is 2.49. The topological polar surface area (TPSA) is 109 Å². The van der Waals surface area contributed by atoms with Gasteiger partial charge in [0.05, 0.1) is 13.1 Å². The third-order valence-electron chi connectivity index (χ3n) is 3.49. The van der Waals surface area contributed by atoms with E-state index in [4.69, 9.17) is 5.73 Å². The van der Waals surface area contributed by atoms with Crippen molar-refractivity contribution in [2.75, 3.05) is 30.7 Å². The summed E-state index contributed by atoms with van der Waals surface area (Å²) in [6, 6.07) is 7.90. The first kappa shape index (κ1) is 15.2. The Bertz CT molecular complexity index is 701. The van der Waals surface area contributed by atoms with Crippen molar-refractivity contribution in [1.29, 1.82) is 0 Å². The number of nitrogen functional groups attached to an aromatic ring is 1. The van der Waals surface area contributed by atoms with Gasteiger partial charge in [-0.2, -0.15) is 15.0 Å². The van der Waals surface area contributed by atoms with E-state index in [0.717, 1.165) is 12.2 Å². The zero-order valence-electron chi connectivity index (χ0n) is 12.9. The van der Waals surface area contributed by atoms with Crippen molar-refractivity contribution < 1.29 is 4.79 Å². The first-order valence-electron chi connectivity index (χ1n) is 7.42. The molecule has 0 bridgehead atoms. The molecule has 23 heavy (non-hydrogen) atoms. The average molecular weight is 313 g/mol. The lowest BCUT2D eigenvalue weighted by molar-refractivity contribution is -0.124. The first-order chi connectivity index (χ1) is 11.1. The van der Waals surface area contributed by atoms with Crippen LogP contribution in [0.4, 0.5) is 17.6 Å². The second-order valence-corrected chi connectivity index (χ2v) is 5.49. The van der Waals surface area contributed by atoms with Crippen LogP contribution in [0.15, 0.2) is 24.3 Å². The summed E-state index contributed by atoms with van der Waals surface area (Å²) >= 11 is 0. The molecule has 2 aromatic rings. The van der Waals surface area contributed by atoms with Gasteiger partial charge in [0.15, 0.2) is 0 Å². The maximum absolute atomic E-state index is 11.4. The van der Waals surface area contributed by atoms with E-state index >= 15 is 0 Å². The number of benzene rings is 1. The number of carbonyl (C=O) groups is 1. The molecule has 0 spiro atoms. The maximum atomic E-state index is 11.4. The fourth-order valence-corrected chi connectivity index (χ4v) is 2.36. The molecule has 3 rings (SSSR count). The molecule has 1 aromatic carbocycles. The van der Waals surface area contributed by atoms with Crippen molar-refractivity contribution in [1.82, 2.24) is 25.2 Å². The number of anilines is 3. The Hall–Kier alpha value is -2.74. The number of aromatic nitrogens is 3. The van der Waals surface area contributed by atoms with Gasteiger partial charge in [0.2, 0.25) is 17.8 Å². The van der Waals surface area contributed by atoms with Crippen LogP contribution in [0.1, 0.15) is 11.4 Å². The Kier molecular flexibility index (Phi) is 4.33. The number of aryl methyl sites for hydroxylation is 1. The summed E-state index contributed by atoms with van der Waals surface area (Å²) in [6.45, 7) is 4.22. The maximum Gasteiger partial charge on any atom is 0.234 e. The van der Waals surface area contributed by atoms with Crippen LogP contribution in [0.2, 0.25) is 0 Å². The number of rotatable bonds is 4. The Balaban J connectivity index is 1.73. The number of nitrogens with one attached hydrogen (secondary N) is 2. The van der Waals surface area contributed by atoms with Crippen molar-refractivity contribution >= 4 is 23.5 Å². The van der Waals surface area contributed by atoms with E-state index in [9.17, 15) is 4.79 Å². The standard InChI is InChI=1S/C15H19N7O/c1-10-2-4-11(5-3-10)18-15-20-12(19-14(16)21-15)8-22-7-6-17-13(23)9-22/h2-5H,6-9H2,1H3,(H,17,23)(H3,16,18,19,20,21). The fraction of sp³-hybridized carbons (Fsp3) is 0.333. The summed E-state index contributed by atoms with van der Waals surface area (Å²) < 4.78 is 0. The van der Waals surface area contributed by atoms with Gasteiger partial charge in [-0.25, -0.2) is 0 Å². The number of nitrogens with zero attached hydrogens (tertiary/aromatic N) is 4. The van der Waals surface area contributed by atoms with Crippen molar-refractivity contribution in [3.8, 4) is 0 Å². The van der Waals surface area contributed by atoms with Gasteiger partial charge in [0.25, 0.3) is 0 Å². The quantitative estimate of drug-likeness (QED) is 0.751. The zero-order valence-corrected chi connectivity index (χ0v) is 12.9. The van der Waals surface area contributed by atoms with Gasteiger partial charge in [-0.05, 0) is 19.1 Å². The number of amides is 1. The van der Waals surface area contributed by atoms with Crippen LogP contribution in [-0.4, -0.2) is 45.4 Å². The van der Waals surface area contributed by atoms with Crippen LogP contribution in [0, 0.1) is 6.92 Å². The van der Waals surface area contributed by atoms with E-state index in [2.05, 4.69) is 25.6 Å². The first-order valence-corrected chi connectivity index (χ1v) is 7.42. The minimum Gasteiger partial charge on any atom is -0.368 e. The smallest absolute Gasteiger partial charge is 0.234 e. The van der Waals surface area contributed by atoms with Gasteiger partial charge in [-0.1, -0.05) is 17.7 Å². The SMILES string of the molecule is Cc1ccc(Nc2nc(N)nc(CN3CCNC(=O)C3)n2)cc1. The van der Waals surface area contributed by atoms with Crippen molar-refractivity contribution in [2.24, 2.45) is 0 Å².